The summed E-state index contributed by atoms with van der Waals surface area (Å²) in [5.74, 6) is 2.00. The SMILES string of the molecule is C[C@H](CCC(=O)O)[C@@H]1CC[C@@H]2[C@H]3CC[C@@H]4CC(=O)CC[C@]4(C)[C@@H]3C[C@H](OC(=O)c3ccccc3)[C@@]21C. The molecule has 1 N–H and O–H groups in total. The lowest BCUT2D eigenvalue weighted by molar-refractivity contribution is -0.172. The van der Waals surface area contributed by atoms with Crippen molar-refractivity contribution in [1.82, 2.24) is 0 Å². The van der Waals surface area contributed by atoms with Crippen LogP contribution in [0.3, 0.4) is 0 Å². The van der Waals surface area contributed by atoms with Crippen LogP contribution in [0.5, 0.6) is 0 Å². The van der Waals surface area contributed by atoms with Gasteiger partial charge in [-0.1, -0.05) is 39.0 Å². The third-order valence-electron chi connectivity index (χ3n) is 11.4. The maximum absolute atomic E-state index is 13.4. The molecular weight excluding hydrogens is 452 g/mol. The summed E-state index contributed by atoms with van der Waals surface area (Å²) in [6, 6.07) is 9.29. The Morgan fingerprint density at radius 2 is 1.83 bits per heavy atom. The highest BCUT2D eigenvalue weighted by Crippen LogP contribution is 2.68. The van der Waals surface area contributed by atoms with Crippen molar-refractivity contribution in [3.63, 3.8) is 0 Å². The highest BCUT2D eigenvalue weighted by Gasteiger charge is 2.65. The maximum Gasteiger partial charge on any atom is 0.338 e. The third-order valence-corrected chi connectivity index (χ3v) is 11.4. The minimum absolute atomic E-state index is 0.128. The Bertz CT molecular complexity index is 1000. The maximum atomic E-state index is 13.4. The fourth-order valence-electron chi connectivity index (χ4n) is 9.44. The summed E-state index contributed by atoms with van der Waals surface area (Å²) in [6.45, 7) is 6.97. The first-order valence-corrected chi connectivity index (χ1v) is 14.1. The van der Waals surface area contributed by atoms with E-state index in [0.717, 1.165) is 38.5 Å². The van der Waals surface area contributed by atoms with Crippen molar-refractivity contribution >= 4 is 17.7 Å². The molecule has 0 spiro atoms. The van der Waals surface area contributed by atoms with Gasteiger partial charge in [-0.05, 0) is 98.0 Å². The van der Waals surface area contributed by atoms with Crippen molar-refractivity contribution in [2.24, 2.45) is 46.3 Å². The number of Topliss-reactive ketones (excluding diaryl/α,β-unsaturated/α-hetero) is 1. The number of aliphatic carboxylic acids is 1. The number of benzene rings is 1. The number of hydrogen-bond acceptors (Lipinski definition) is 4. The van der Waals surface area contributed by atoms with Crippen LogP contribution in [0.4, 0.5) is 0 Å². The van der Waals surface area contributed by atoms with E-state index in [1.54, 1.807) is 0 Å². The van der Waals surface area contributed by atoms with Crippen LogP contribution in [0.2, 0.25) is 0 Å². The molecule has 0 radical (unpaired) electrons. The highest BCUT2D eigenvalue weighted by atomic mass is 16.5. The molecule has 5 heteroatoms. The number of carbonyl (C=O) groups is 3. The molecular formula is C31H42O5. The van der Waals surface area contributed by atoms with Crippen molar-refractivity contribution < 1.29 is 24.2 Å². The van der Waals surface area contributed by atoms with Crippen molar-refractivity contribution in [2.45, 2.75) is 91.1 Å². The van der Waals surface area contributed by atoms with Gasteiger partial charge in [0.05, 0.1) is 5.56 Å². The summed E-state index contributed by atoms with van der Waals surface area (Å²) in [5.41, 5.74) is 0.559. The van der Waals surface area contributed by atoms with Gasteiger partial charge in [0.2, 0.25) is 0 Å². The normalized spacial score (nSPS) is 40.5. The van der Waals surface area contributed by atoms with Gasteiger partial charge in [0, 0.05) is 24.7 Å². The van der Waals surface area contributed by atoms with E-state index < -0.39 is 5.97 Å². The first kappa shape index (κ1) is 25.5. The van der Waals surface area contributed by atoms with E-state index in [9.17, 15) is 19.5 Å². The van der Waals surface area contributed by atoms with Gasteiger partial charge >= 0.3 is 11.9 Å². The molecule has 5 nitrogen and oxygen atoms in total. The van der Waals surface area contributed by atoms with E-state index >= 15 is 0 Å². The molecule has 0 heterocycles. The molecule has 4 fully saturated rings. The molecule has 1 aromatic carbocycles. The van der Waals surface area contributed by atoms with Gasteiger partial charge in [0.15, 0.2) is 0 Å². The lowest BCUT2D eigenvalue weighted by Crippen LogP contribution is -2.59. The summed E-state index contributed by atoms with van der Waals surface area (Å²) in [4.78, 5) is 37.0. The van der Waals surface area contributed by atoms with Crippen molar-refractivity contribution in [3.05, 3.63) is 35.9 Å². The fourth-order valence-corrected chi connectivity index (χ4v) is 9.44. The summed E-state index contributed by atoms with van der Waals surface area (Å²) in [6.07, 6.45) is 8.36. The Balaban J connectivity index is 1.48. The second-order valence-electron chi connectivity index (χ2n) is 12.9. The van der Waals surface area contributed by atoms with Gasteiger partial charge < -0.3 is 9.84 Å². The molecule has 0 saturated heterocycles. The molecule has 1 aromatic rings. The van der Waals surface area contributed by atoms with Gasteiger partial charge in [0.1, 0.15) is 11.9 Å². The van der Waals surface area contributed by atoms with Crippen LogP contribution in [0.25, 0.3) is 0 Å². The van der Waals surface area contributed by atoms with Crippen LogP contribution >= 0.6 is 0 Å². The van der Waals surface area contributed by atoms with Crippen LogP contribution in [0.1, 0.15) is 95.3 Å². The lowest BCUT2D eigenvalue weighted by atomic mass is 9.43. The smallest absolute Gasteiger partial charge is 0.338 e. The first-order chi connectivity index (χ1) is 17.1. The van der Waals surface area contributed by atoms with Crippen molar-refractivity contribution in [2.75, 3.05) is 0 Å². The van der Waals surface area contributed by atoms with Crippen molar-refractivity contribution in [1.29, 1.82) is 0 Å². The molecule has 4 saturated carbocycles. The van der Waals surface area contributed by atoms with Gasteiger partial charge in [-0.15, -0.1) is 0 Å². The number of esters is 1. The largest absolute Gasteiger partial charge is 0.481 e. The predicted octanol–water partition coefficient (Wildman–Crippen LogP) is 6.55. The third kappa shape index (κ3) is 4.20. The molecule has 0 bridgehead atoms. The molecule has 4 aliphatic carbocycles. The molecule has 9 atom stereocenters. The van der Waals surface area contributed by atoms with E-state index in [1.165, 1.54) is 0 Å². The number of carboxylic acids is 1. The number of ketones is 1. The molecule has 196 valence electrons. The van der Waals surface area contributed by atoms with Gasteiger partial charge in [0.25, 0.3) is 0 Å². The Hall–Kier alpha value is -2.17. The molecule has 0 aromatic heterocycles. The van der Waals surface area contributed by atoms with Gasteiger partial charge in [-0.2, -0.15) is 0 Å². The number of ether oxygens (including phenoxy) is 1. The standard InChI is InChI=1S/C31H42O5/c1-19(9-14-28(33)34)24-12-13-25-23-11-10-21-17-22(32)15-16-30(21,2)26(23)18-27(31(24,25)3)36-29(35)20-7-5-4-6-8-20/h4-8,19,21,23-27H,9-18H2,1-3H3,(H,33,34)/t19-,21-,23-,24+,25-,26-,27+,30+,31-/m1/s1. The average Bonchev–Trinajstić information content (AvgIpc) is 3.22. The van der Waals surface area contributed by atoms with E-state index in [4.69, 9.17) is 4.74 Å². The molecule has 0 amide bonds. The molecule has 0 unspecified atom stereocenters. The van der Waals surface area contributed by atoms with Crippen molar-refractivity contribution in [3.8, 4) is 0 Å². The predicted molar refractivity (Wildman–Crippen MR) is 137 cm³/mol. The first-order valence-electron chi connectivity index (χ1n) is 14.1. The zero-order valence-electron chi connectivity index (χ0n) is 22.1. The fraction of sp³-hybridized carbons (Fsp3) is 0.710. The highest BCUT2D eigenvalue weighted by molar-refractivity contribution is 5.89. The van der Waals surface area contributed by atoms with Crippen LogP contribution < -0.4 is 0 Å². The Kier molecular flexibility index (Phi) is 6.80. The zero-order valence-corrected chi connectivity index (χ0v) is 22.1. The summed E-state index contributed by atoms with van der Waals surface area (Å²) >= 11 is 0. The Morgan fingerprint density at radius 3 is 2.56 bits per heavy atom. The Morgan fingerprint density at radius 1 is 1.08 bits per heavy atom. The molecule has 4 aliphatic rings. The minimum atomic E-state index is -0.740. The quantitative estimate of drug-likeness (QED) is 0.454. The van der Waals surface area contributed by atoms with E-state index in [1.807, 2.05) is 30.3 Å². The molecule has 0 aliphatic heterocycles. The number of carboxylic acid groups (broad SMARTS) is 1. The molecule has 36 heavy (non-hydrogen) atoms. The summed E-state index contributed by atoms with van der Waals surface area (Å²) in [7, 11) is 0. The number of rotatable bonds is 6. The second kappa shape index (κ2) is 9.61. The average molecular weight is 495 g/mol. The Labute approximate surface area is 215 Å². The number of carbonyl (C=O) groups excluding carboxylic acids is 2. The van der Waals surface area contributed by atoms with Crippen LogP contribution in [0.15, 0.2) is 30.3 Å². The van der Waals surface area contributed by atoms with Crippen LogP contribution in [0, 0.1) is 46.3 Å². The van der Waals surface area contributed by atoms with E-state index in [0.29, 0.717) is 60.2 Å². The topological polar surface area (TPSA) is 80.7 Å². The zero-order chi connectivity index (χ0) is 25.7. The van der Waals surface area contributed by atoms with E-state index in [-0.39, 0.29) is 35.2 Å². The van der Waals surface area contributed by atoms with Crippen LogP contribution in [-0.2, 0) is 14.3 Å². The minimum Gasteiger partial charge on any atom is -0.481 e. The summed E-state index contributed by atoms with van der Waals surface area (Å²) in [5, 5.41) is 9.32. The van der Waals surface area contributed by atoms with Crippen LogP contribution in [-0.4, -0.2) is 28.9 Å². The molecule has 5 rings (SSSR count). The lowest BCUT2D eigenvalue weighted by Gasteiger charge is -2.62. The van der Waals surface area contributed by atoms with Gasteiger partial charge in [-0.25, -0.2) is 4.79 Å². The van der Waals surface area contributed by atoms with E-state index in [2.05, 4.69) is 20.8 Å². The second-order valence-corrected chi connectivity index (χ2v) is 12.9. The summed E-state index contributed by atoms with van der Waals surface area (Å²) < 4.78 is 6.47. The number of hydrogen-bond donors (Lipinski definition) is 1. The van der Waals surface area contributed by atoms with Gasteiger partial charge in [-0.3, -0.25) is 9.59 Å². The monoisotopic (exact) mass is 494 g/mol. The number of fused-ring (bicyclic) bond motifs is 5.